The highest BCUT2D eigenvalue weighted by molar-refractivity contribution is 5.93. The summed E-state index contributed by atoms with van der Waals surface area (Å²) in [4.78, 5) is 4.54. The Bertz CT molecular complexity index is 973. The van der Waals surface area contributed by atoms with Gasteiger partial charge in [-0.3, -0.25) is 4.40 Å². The third-order valence-electron chi connectivity index (χ3n) is 3.80. The van der Waals surface area contributed by atoms with E-state index in [0.29, 0.717) is 5.75 Å². The number of nitrogens with zero attached hydrogens (tertiary/aromatic N) is 2. The van der Waals surface area contributed by atoms with Gasteiger partial charge in [0.1, 0.15) is 5.65 Å². The van der Waals surface area contributed by atoms with Gasteiger partial charge < -0.3 is 9.47 Å². The molecule has 4 aromatic rings. The van der Waals surface area contributed by atoms with Crippen LogP contribution in [0.3, 0.4) is 0 Å². The SMILES string of the molecule is COc1cc2cnc3cc4ccccc4n3c2cc1OC. The molecule has 0 N–H and O–H groups in total. The minimum absolute atomic E-state index is 0.711. The second-order valence-electron chi connectivity index (χ2n) is 4.92. The molecule has 21 heavy (non-hydrogen) atoms. The Hall–Kier alpha value is -2.75. The highest BCUT2D eigenvalue weighted by Crippen LogP contribution is 2.33. The first-order chi connectivity index (χ1) is 10.3. The molecule has 0 saturated carbocycles. The summed E-state index contributed by atoms with van der Waals surface area (Å²) in [5, 5.41) is 2.19. The second kappa shape index (κ2) is 4.38. The van der Waals surface area contributed by atoms with E-state index in [1.54, 1.807) is 14.2 Å². The molecular weight excluding hydrogens is 264 g/mol. The van der Waals surface area contributed by atoms with E-state index in [9.17, 15) is 0 Å². The lowest BCUT2D eigenvalue weighted by Crippen LogP contribution is -1.95. The summed E-state index contributed by atoms with van der Waals surface area (Å²) in [7, 11) is 3.29. The Labute approximate surface area is 121 Å². The van der Waals surface area contributed by atoms with Gasteiger partial charge in [0.25, 0.3) is 0 Å². The van der Waals surface area contributed by atoms with Gasteiger partial charge in [0, 0.05) is 23.0 Å². The molecule has 4 heteroatoms. The van der Waals surface area contributed by atoms with Crippen LogP contribution in [-0.4, -0.2) is 23.6 Å². The zero-order valence-electron chi connectivity index (χ0n) is 11.8. The van der Waals surface area contributed by atoms with Crippen molar-refractivity contribution in [1.82, 2.24) is 9.38 Å². The molecule has 2 aromatic heterocycles. The minimum Gasteiger partial charge on any atom is -0.493 e. The molecule has 0 bridgehead atoms. The summed E-state index contributed by atoms with van der Waals surface area (Å²) in [6.07, 6.45) is 1.87. The maximum Gasteiger partial charge on any atom is 0.162 e. The van der Waals surface area contributed by atoms with Gasteiger partial charge >= 0.3 is 0 Å². The summed E-state index contributed by atoms with van der Waals surface area (Å²) in [6, 6.07) is 14.3. The number of hydrogen-bond donors (Lipinski definition) is 0. The average Bonchev–Trinajstić information content (AvgIpc) is 2.92. The molecule has 0 aliphatic heterocycles. The topological polar surface area (TPSA) is 35.8 Å². The highest BCUT2D eigenvalue weighted by Gasteiger charge is 2.11. The maximum absolute atomic E-state index is 5.42. The highest BCUT2D eigenvalue weighted by atomic mass is 16.5. The lowest BCUT2D eigenvalue weighted by molar-refractivity contribution is 0.355. The van der Waals surface area contributed by atoms with Crippen molar-refractivity contribution in [1.29, 1.82) is 0 Å². The van der Waals surface area contributed by atoms with Crippen molar-refractivity contribution >= 4 is 27.5 Å². The summed E-state index contributed by atoms with van der Waals surface area (Å²) in [5.41, 5.74) is 3.12. The van der Waals surface area contributed by atoms with Crippen LogP contribution in [0.15, 0.2) is 48.7 Å². The molecule has 0 unspecified atom stereocenters. The molecule has 0 amide bonds. The van der Waals surface area contributed by atoms with Crippen molar-refractivity contribution in [2.75, 3.05) is 14.2 Å². The van der Waals surface area contributed by atoms with E-state index < -0.39 is 0 Å². The fourth-order valence-corrected chi connectivity index (χ4v) is 2.81. The second-order valence-corrected chi connectivity index (χ2v) is 4.92. The van der Waals surface area contributed by atoms with E-state index in [4.69, 9.17) is 9.47 Å². The van der Waals surface area contributed by atoms with Crippen molar-refractivity contribution in [2.45, 2.75) is 0 Å². The third kappa shape index (κ3) is 1.65. The zero-order chi connectivity index (χ0) is 14.4. The van der Waals surface area contributed by atoms with Crippen molar-refractivity contribution in [2.24, 2.45) is 0 Å². The number of ether oxygens (including phenoxy) is 2. The molecule has 2 heterocycles. The number of hydrogen-bond acceptors (Lipinski definition) is 3. The van der Waals surface area contributed by atoms with Gasteiger partial charge in [-0.25, -0.2) is 4.98 Å². The van der Waals surface area contributed by atoms with Gasteiger partial charge in [-0.2, -0.15) is 0 Å². The lowest BCUT2D eigenvalue weighted by Gasteiger charge is -2.10. The van der Waals surface area contributed by atoms with Gasteiger partial charge in [0.2, 0.25) is 0 Å². The van der Waals surface area contributed by atoms with Crippen LogP contribution < -0.4 is 9.47 Å². The van der Waals surface area contributed by atoms with Gasteiger partial charge in [-0.05, 0) is 18.2 Å². The molecule has 0 atom stereocenters. The first-order valence-corrected chi connectivity index (χ1v) is 6.73. The van der Waals surface area contributed by atoms with Crippen LogP contribution in [0.25, 0.3) is 27.5 Å². The Morgan fingerprint density at radius 3 is 2.43 bits per heavy atom. The monoisotopic (exact) mass is 278 g/mol. The summed E-state index contributed by atoms with van der Waals surface area (Å²) < 4.78 is 12.9. The summed E-state index contributed by atoms with van der Waals surface area (Å²) >= 11 is 0. The fraction of sp³-hybridized carbons (Fsp3) is 0.118. The van der Waals surface area contributed by atoms with Crippen LogP contribution in [0.5, 0.6) is 11.5 Å². The molecule has 0 aliphatic carbocycles. The Morgan fingerprint density at radius 1 is 0.857 bits per heavy atom. The standard InChI is InChI=1S/C17H14N2O2/c1-20-15-7-12-10-18-17-8-11-5-3-4-6-13(11)19(17)14(12)9-16(15)21-2/h3-10H,1-2H3. The molecule has 4 rings (SSSR count). The third-order valence-corrected chi connectivity index (χ3v) is 3.80. The largest absolute Gasteiger partial charge is 0.493 e. The van der Waals surface area contributed by atoms with Crippen molar-refractivity contribution < 1.29 is 9.47 Å². The van der Waals surface area contributed by atoms with Crippen LogP contribution in [-0.2, 0) is 0 Å². The molecule has 0 fully saturated rings. The van der Waals surface area contributed by atoms with Crippen molar-refractivity contribution in [3.8, 4) is 11.5 Å². The number of rotatable bonds is 2. The number of para-hydroxylation sites is 1. The van der Waals surface area contributed by atoms with E-state index in [2.05, 4.69) is 27.6 Å². The van der Waals surface area contributed by atoms with Crippen molar-refractivity contribution in [3.63, 3.8) is 0 Å². The first-order valence-electron chi connectivity index (χ1n) is 6.73. The van der Waals surface area contributed by atoms with Gasteiger partial charge in [0.05, 0.1) is 25.3 Å². The molecule has 2 aromatic carbocycles. The van der Waals surface area contributed by atoms with Crippen LogP contribution >= 0.6 is 0 Å². The normalized spacial score (nSPS) is 11.3. The Kier molecular flexibility index (Phi) is 2.51. The molecular formula is C17H14N2O2. The van der Waals surface area contributed by atoms with E-state index in [1.807, 2.05) is 30.5 Å². The van der Waals surface area contributed by atoms with E-state index in [-0.39, 0.29) is 0 Å². The minimum atomic E-state index is 0.711. The van der Waals surface area contributed by atoms with Gasteiger partial charge in [-0.1, -0.05) is 18.2 Å². The quantitative estimate of drug-likeness (QED) is 0.561. The predicted molar refractivity (Wildman–Crippen MR) is 83.3 cm³/mol. The summed E-state index contributed by atoms with van der Waals surface area (Å²) in [6.45, 7) is 0. The van der Waals surface area contributed by atoms with Gasteiger partial charge in [-0.15, -0.1) is 0 Å². The van der Waals surface area contributed by atoms with Crippen LogP contribution in [0.1, 0.15) is 0 Å². The number of fused-ring (bicyclic) bond motifs is 5. The average molecular weight is 278 g/mol. The molecule has 0 aliphatic rings. The lowest BCUT2D eigenvalue weighted by atomic mass is 10.2. The predicted octanol–water partition coefficient (Wildman–Crippen LogP) is 3.66. The van der Waals surface area contributed by atoms with E-state index in [0.717, 1.165) is 27.8 Å². The number of methoxy groups -OCH3 is 2. The van der Waals surface area contributed by atoms with Crippen LogP contribution in [0.2, 0.25) is 0 Å². The summed E-state index contributed by atoms with van der Waals surface area (Å²) in [5.74, 6) is 1.43. The first kappa shape index (κ1) is 12.0. The van der Waals surface area contributed by atoms with Crippen molar-refractivity contribution in [3.05, 3.63) is 48.7 Å². The van der Waals surface area contributed by atoms with Crippen LogP contribution in [0.4, 0.5) is 0 Å². The molecule has 104 valence electrons. The zero-order valence-corrected chi connectivity index (χ0v) is 11.8. The smallest absolute Gasteiger partial charge is 0.162 e. The van der Waals surface area contributed by atoms with Crippen LogP contribution in [0, 0.1) is 0 Å². The molecule has 0 saturated heterocycles. The molecule has 0 radical (unpaired) electrons. The molecule has 0 spiro atoms. The van der Waals surface area contributed by atoms with E-state index in [1.165, 1.54) is 5.39 Å². The van der Waals surface area contributed by atoms with E-state index >= 15 is 0 Å². The molecule has 4 nitrogen and oxygen atoms in total. The maximum atomic E-state index is 5.42. The number of aromatic nitrogens is 2. The number of benzene rings is 2. The Morgan fingerprint density at radius 2 is 1.62 bits per heavy atom. The van der Waals surface area contributed by atoms with Gasteiger partial charge in [0.15, 0.2) is 11.5 Å². The Balaban J connectivity index is 2.21. The fourth-order valence-electron chi connectivity index (χ4n) is 2.81.